The van der Waals surface area contributed by atoms with Crippen LogP contribution in [0.2, 0.25) is 0 Å². The zero-order chi connectivity index (χ0) is 22.8. The maximum Gasteiger partial charge on any atom is 0.338 e. The van der Waals surface area contributed by atoms with Crippen LogP contribution in [0.3, 0.4) is 0 Å². The molecule has 1 atom stereocenters. The molecule has 32 heavy (non-hydrogen) atoms. The van der Waals surface area contributed by atoms with E-state index in [0.29, 0.717) is 24.0 Å². The minimum absolute atomic E-state index is 0.187. The van der Waals surface area contributed by atoms with Gasteiger partial charge in [0.1, 0.15) is 30.5 Å². The number of esters is 1. The van der Waals surface area contributed by atoms with E-state index in [1.807, 2.05) is 6.92 Å². The molecule has 0 radical (unpaired) electrons. The molecular formula is C22H19F2N3O5. The lowest BCUT2D eigenvalue weighted by molar-refractivity contribution is -0.136. The Kier molecular flexibility index (Phi) is 5.76. The highest BCUT2D eigenvalue weighted by Gasteiger charge is 2.43. The van der Waals surface area contributed by atoms with Crippen molar-refractivity contribution in [2.45, 2.75) is 13.0 Å². The van der Waals surface area contributed by atoms with Crippen LogP contribution in [0.15, 0.2) is 53.7 Å². The van der Waals surface area contributed by atoms with E-state index in [4.69, 9.17) is 9.47 Å². The number of amides is 3. The fraction of sp³-hybridized carbons (Fsp3) is 0.227. The number of nitrogens with one attached hydrogen (secondary N) is 2. The van der Waals surface area contributed by atoms with Crippen molar-refractivity contribution in [1.29, 1.82) is 0 Å². The Labute approximate surface area is 181 Å². The summed E-state index contributed by atoms with van der Waals surface area (Å²) in [6.07, 6.45) is 0. The van der Waals surface area contributed by atoms with Crippen LogP contribution in [0.1, 0.15) is 18.5 Å². The van der Waals surface area contributed by atoms with Gasteiger partial charge in [0.15, 0.2) is 0 Å². The summed E-state index contributed by atoms with van der Waals surface area (Å²) in [5.41, 5.74) is 0.777. The predicted octanol–water partition coefficient (Wildman–Crippen LogP) is 2.88. The molecular weight excluding hydrogens is 424 g/mol. The van der Waals surface area contributed by atoms with Gasteiger partial charge in [0.2, 0.25) is 5.91 Å². The summed E-state index contributed by atoms with van der Waals surface area (Å²) in [6, 6.07) is 8.23. The van der Waals surface area contributed by atoms with E-state index in [-0.39, 0.29) is 23.6 Å². The Bertz CT molecular complexity index is 1130. The van der Waals surface area contributed by atoms with Crippen molar-refractivity contribution >= 4 is 23.6 Å². The van der Waals surface area contributed by atoms with Gasteiger partial charge in [-0.1, -0.05) is 18.2 Å². The molecule has 2 heterocycles. The lowest BCUT2D eigenvalue weighted by Gasteiger charge is -2.33. The van der Waals surface area contributed by atoms with Gasteiger partial charge in [0.25, 0.3) is 0 Å². The van der Waals surface area contributed by atoms with Crippen LogP contribution in [0.5, 0.6) is 5.75 Å². The number of para-hydroxylation sites is 1. The lowest BCUT2D eigenvalue weighted by atomic mass is 9.95. The molecule has 2 aliphatic heterocycles. The van der Waals surface area contributed by atoms with E-state index >= 15 is 0 Å². The van der Waals surface area contributed by atoms with Crippen molar-refractivity contribution in [2.24, 2.45) is 0 Å². The smallest absolute Gasteiger partial charge is 0.338 e. The number of halogens is 2. The first-order valence-corrected chi connectivity index (χ1v) is 9.83. The zero-order valence-electron chi connectivity index (χ0n) is 17.0. The molecule has 3 amide bonds. The van der Waals surface area contributed by atoms with Gasteiger partial charge in [0.05, 0.1) is 29.6 Å². The molecule has 0 fully saturated rings. The number of carbonyl (C=O) groups excluding carboxylic acids is 3. The number of urea groups is 1. The van der Waals surface area contributed by atoms with E-state index in [1.54, 1.807) is 24.3 Å². The number of hydrogen-bond acceptors (Lipinski definition) is 5. The Balaban J connectivity index is 1.61. The molecule has 2 aromatic rings. The van der Waals surface area contributed by atoms with Crippen molar-refractivity contribution in [3.63, 3.8) is 0 Å². The Morgan fingerprint density at radius 3 is 2.78 bits per heavy atom. The molecule has 2 aliphatic rings. The maximum absolute atomic E-state index is 13.8. The van der Waals surface area contributed by atoms with E-state index in [9.17, 15) is 23.2 Å². The molecule has 0 saturated carbocycles. The third kappa shape index (κ3) is 3.98. The van der Waals surface area contributed by atoms with Crippen molar-refractivity contribution in [3.8, 4) is 5.75 Å². The van der Waals surface area contributed by atoms with Crippen molar-refractivity contribution in [3.05, 3.63) is 70.9 Å². The van der Waals surface area contributed by atoms with E-state index in [1.165, 1.54) is 0 Å². The quantitative estimate of drug-likeness (QED) is 0.670. The average Bonchev–Trinajstić information content (AvgIpc) is 3.14. The largest absolute Gasteiger partial charge is 0.494 e. The van der Waals surface area contributed by atoms with Crippen molar-refractivity contribution in [1.82, 2.24) is 10.2 Å². The van der Waals surface area contributed by atoms with Gasteiger partial charge in [-0.05, 0) is 25.1 Å². The van der Waals surface area contributed by atoms with Gasteiger partial charge in [0, 0.05) is 11.6 Å². The van der Waals surface area contributed by atoms with Crippen LogP contribution in [0, 0.1) is 11.6 Å². The van der Waals surface area contributed by atoms with Gasteiger partial charge >= 0.3 is 12.0 Å². The molecule has 0 aliphatic carbocycles. The average molecular weight is 443 g/mol. The molecule has 2 N–H and O–H groups in total. The van der Waals surface area contributed by atoms with Gasteiger partial charge in [-0.2, -0.15) is 0 Å². The fourth-order valence-electron chi connectivity index (χ4n) is 3.64. The highest BCUT2D eigenvalue weighted by Crippen LogP contribution is 2.38. The second kappa shape index (κ2) is 8.66. The molecule has 0 saturated heterocycles. The number of carbonyl (C=O) groups is 3. The number of ether oxygens (including phenoxy) is 2. The number of benzene rings is 2. The third-order valence-corrected chi connectivity index (χ3v) is 5.04. The molecule has 4 rings (SSSR count). The summed E-state index contributed by atoms with van der Waals surface area (Å²) in [5.74, 6) is -2.58. The second-order valence-electron chi connectivity index (χ2n) is 7.05. The molecule has 2 aromatic carbocycles. The van der Waals surface area contributed by atoms with E-state index in [0.717, 1.165) is 17.0 Å². The first kappa shape index (κ1) is 21.3. The number of nitrogens with zero attached hydrogens (tertiary/aromatic N) is 1. The van der Waals surface area contributed by atoms with E-state index in [2.05, 4.69) is 10.6 Å². The summed E-state index contributed by atoms with van der Waals surface area (Å²) in [7, 11) is 0. The minimum atomic E-state index is -0.951. The number of cyclic esters (lactones) is 1. The van der Waals surface area contributed by atoms with Crippen LogP contribution in [0.25, 0.3) is 0 Å². The van der Waals surface area contributed by atoms with Gasteiger partial charge in [-0.25, -0.2) is 18.4 Å². The van der Waals surface area contributed by atoms with Crippen LogP contribution in [0.4, 0.5) is 19.3 Å². The molecule has 0 bridgehead atoms. The zero-order valence-corrected chi connectivity index (χ0v) is 17.0. The second-order valence-corrected chi connectivity index (χ2v) is 7.05. The first-order valence-electron chi connectivity index (χ1n) is 9.83. The Hall–Kier alpha value is -3.95. The third-order valence-electron chi connectivity index (χ3n) is 5.04. The topological polar surface area (TPSA) is 97.0 Å². The van der Waals surface area contributed by atoms with Crippen LogP contribution >= 0.6 is 0 Å². The Morgan fingerprint density at radius 1 is 1.25 bits per heavy atom. The van der Waals surface area contributed by atoms with Crippen LogP contribution in [-0.4, -0.2) is 42.6 Å². The van der Waals surface area contributed by atoms with E-state index < -0.39 is 42.1 Å². The standard InChI is InChI=1S/C22H19F2N3O5/c1-2-31-17-6-4-3-5-13(17)20-19-16(11-32-21(19)29)27(22(30)26-20)10-18(28)25-15-8-7-12(23)9-14(15)24/h3-9,20H,2,10-11H2,1H3,(H,25,28)(H,26,30)/t20-/m0/s1. The lowest BCUT2D eigenvalue weighted by Crippen LogP contribution is -2.49. The van der Waals surface area contributed by atoms with Gasteiger partial charge in [-0.3, -0.25) is 9.69 Å². The van der Waals surface area contributed by atoms with Crippen LogP contribution < -0.4 is 15.4 Å². The van der Waals surface area contributed by atoms with Crippen molar-refractivity contribution in [2.75, 3.05) is 25.1 Å². The fourth-order valence-corrected chi connectivity index (χ4v) is 3.64. The minimum Gasteiger partial charge on any atom is -0.494 e. The number of hydrogen-bond donors (Lipinski definition) is 2. The Morgan fingerprint density at radius 2 is 2.03 bits per heavy atom. The number of rotatable bonds is 6. The highest BCUT2D eigenvalue weighted by molar-refractivity contribution is 6.00. The molecule has 0 aromatic heterocycles. The van der Waals surface area contributed by atoms with Gasteiger partial charge in [-0.15, -0.1) is 0 Å². The monoisotopic (exact) mass is 443 g/mol. The first-order chi connectivity index (χ1) is 15.4. The summed E-state index contributed by atoms with van der Waals surface area (Å²) in [6.45, 7) is 1.51. The summed E-state index contributed by atoms with van der Waals surface area (Å²) < 4.78 is 37.7. The summed E-state index contributed by atoms with van der Waals surface area (Å²) in [4.78, 5) is 38.9. The summed E-state index contributed by atoms with van der Waals surface area (Å²) in [5, 5.41) is 5.01. The molecule has 0 unspecified atom stereocenters. The highest BCUT2D eigenvalue weighted by atomic mass is 19.1. The molecule has 8 nitrogen and oxygen atoms in total. The maximum atomic E-state index is 13.8. The SMILES string of the molecule is CCOc1ccccc1[C@@H]1NC(=O)N(CC(=O)Nc2ccc(F)cc2F)C2=C1C(=O)OC2. The summed E-state index contributed by atoms with van der Waals surface area (Å²) >= 11 is 0. The van der Waals surface area contributed by atoms with Crippen LogP contribution in [-0.2, 0) is 14.3 Å². The van der Waals surface area contributed by atoms with Gasteiger partial charge < -0.3 is 20.1 Å². The molecule has 10 heteroatoms. The predicted molar refractivity (Wildman–Crippen MR) is 109 cm³/mol. The van der Waals surface area contributed by atoms with Crippen molar-refractivity contribution < 1.29 is 32.6 Å². The molecule has 166 valence electrons. The normalized spacial score (nSPS) is 17.6. The molecule has 0 spiro atoms. The number of anilines is 1.